The van der Waals surface area contributed by atoms with E-state index >= 15 is 0 Å². The van der Waals surface area contributed by atoms with Crippen molar-refractivity contribution in [3.05, 3.63) is 47.3 Å². The molecule has 0 saturated carbocycles. The molecule has 0 radical (unpaired) electrons. The highest BCUT2D eigenvalue weighted by Crippen LogP contribution is 2.03. The zero-order chi connectivity index (χ0) is 8.10. The Balaban J connectivity index is 2.92. The SMILES string of the molecule is CNC1=C([SiH3])/C=C\C=C/C=C\1. The maximum Gasteiger partial charge on any atom is 0.0412 e. The van der Waals surface area contributed by atoms with Crippen LogP contribution in [0.2, 0.25) is 0 Å². The van der Waals surface area contributed by atoms with E-state index in [9.17, 15) is 0 Å². The Labute approximate surface area is 70.6 Å². The Morgan fingerprint density at radius 2 is 1.73 bits per heavy atom. The van der Waals surface area contributed by atoms with Gasteiger partial charge in [0.25, 0.3) is 0 Å². The number of allylic oxidation sites excluding steroid dienone is 7. The highest BCUT2D eigenvalue weighted by atomic mass is 28.1. The first-order valence-electron chi connectivity index (χ1n) is 3.74. The molecule has 0 bridgehead atoms. The Morgan fingerprint density at radius 3 is 2.36 bits per heavy atom. The Bertz CT molecular complexity index is 246. The molecule has 0 heterocycles. The lowest BCUT2D eigenvalue weighted by atomic mass is 10.2. The van der Waals surface area contributed by atoms with Gasteiger partial charge < -0.3 is 5.32 Å². The van der Waals surface area contributed by atoms with E-state index in [1.165, 1.54) is 10.9 Å². The molecule has 0 unspecified atom stereocenters. The fourth-order valence-electron chi connectivity index (χ4n) is 0.982. The molecule has 0 aliphatic heterocycles. The van der Waals surface area contributed by atoms with Crippen molar-refractivity contribution in [2.24, 2.45) is 0 Å². The number of likely N-dealkylation sites (N-methyl/N-ethyl adjacent to an activating group) is 1. The van der Waals surface area contributed by atoms with Crippen molar-refractivity contribution >= 4 is 10.2 Å². The number of nitrogens with one attached hydrogen (secondary N) is 1. The molecule has 0 saturated heterocycles. The zero-order valence-corrected chi connectivity index (χ0v) is 8.96. The molecule has 0 fully saturated rings. The molecule has 0 spiro atoms. The van der Waals surface area contributed by atoms with Crippen molar-refractivity contribution in [3.63, 3.8) is 0 Å². The number of rotatable bonds is 1. The zero-order valence-electron chi connectivity index (χ0n) is 6.96. The molecule has 11 heavy (non-hydrogen) atoms. The molecular formula is C9H13NSi. The predicted molar refractivity (Wildman–Crippen MR) is 53.4 cm³/mol. The van der Waals surface area contributed by atoms with Crippen LogP contribution in [0.15, 0.2) is 47.3 Å². The van der Waals surface area contributed by atoms with E-state index in [1.54, 1.807) is 0 Å². The van der Waals surface area contributed by atoms with Crippen molar-refractivity contribution in [2.45, 2.75) is 0 Å². The minimum atomic E-state index is 1.08. The summed E-state index contributed by atoms with van der Waals surface area (Å²) < 4.78 is 0. The molecule has 1 N–H and O–H groups in total. The first-order valence-corrected chi connectivity index (χ1v) is 4.74. The van der Waals surface area contributed by atoms with Gasteiger partial charge in [0.1, 0.15) is 0 Å². The molecule has 1 aliphatic carbocycles. The quantitative estimate of drug-likeness (QED) is 0.554. The average Bonchev–Trinajstić information content (AvgIpc) is 1.98. The van der Waals surface area contributed by atoms with E-state index < -0.39 is 0 Å². The van der Waals surface area contributed by atoms with Crippen LogP contribution in [0.25, 0.3) is 0 Å². The minimum Gasteiger partial charge on any atom is -0.388 e. The summed E-state index contributed by atoms with van der Waals surface area (Å²) in [4.78, 5) is 0. The summed E-state index contributed by atoms with van der Waals surface area (Å²) in [6, 6.07) is 0. The third kappa shape index (κ3) is 2.24. The molecule has 0 aromatic rings. The van der Waals surface area contributed by atoms with Crippen molar-refractivity contribution < 1.29 is 0 Å². The van der Waals surface area contributed by atoms with Gasteiger partial charge in [-0.05, 0) is 11.3 Å². The second kappa shape index (κ2) is 3.98. The van der Waals surface area contributed by atoms with Gasteiger partial charge in [-0.25, -0.2) is 0 Å². The first kappa shape index (κ1) is 8.08. The highest BCUT2D eigenvalue weighted by Gasteiger charge is 1.91. The van der Waals surface area contributed by atoms with Gasteiger partial charge in [-0.3, -0.25) is 0 Å². The van der Waals surface area contributed by atoms with Crippen LogP contribution < -0.4 is 5.32 Å². The largest absolute Gasteiger partial charge is 0.388 e. The Morgan fingerprint density at radius 1 is 1.09 bits per heavy atom. The standard InChI is InChI=1S/C9H13NSi/c1-10-8-6-4-2-3-5-7-9(8)11/h2-7,10H,1,11H3/b3-2-,4-2?,5-3?,6-4-,7-5-,8-6?,9-7?,9-8-. The van der Waals surface area contributed by atoms with Gasteiger partial charge in [0.15, 0.2) is 0 Å². The molecule has 1 aliphatic rings. The summed E-state index contributed by atoms with van der Waals surface area (Å²) >= 11 is 0. The molecule has 0 aromatic heterocycles. The molecule has 2 heteroatoms. The summed E-state index contributed by atoms with van der Waals surface area (Å²) in [5.41, 5.74) is 1.23. The monoisotopic (exact) mass is 163 g/mol. The lowest BCUT2D eigenvalue weighted by molar-refractivity contribution is 1.03. The number of hydrogen-bond acceptors (Lipinski definition) is 1. The third-order valence-electron chi connectivity index (χ3n) is 1.64. The first-order chi connectivity index (χ1) is 5.34. The fraction of sp³-hybridized carbons (Fsp3) is 0.111. The summed E-state index contributed by atoms with van der Waals surface area (Å²) in [6.07, 6.45) is 12.4. The van der Waals surface area contributed by atoms with Crippen LogP contribution in [0.1, 0.15) is 0 Å². The van der Waals surface area contributed by atoms with Crippen LogP contribution in [-0.4, -0.2) is 17.3 Å². The van der Waals surface area contributed by atoms with Gasteiger partial charge in [-0.15, -0.1) is 0 Å². The average molecular weight is 163 g/mol. The van der Waals surface area contributed by atoms with E-state index in [1.807, 2.05) is 25.3 Å². The summed E-state index contributed by atoms with van der Waals surface area (Å²) in [6.45, 7) is 0. The van der Waals surface area contributed by atoms with Crippen LogP contribution in [-0.2, 0) is 0 Å². The van der Waals surface area contributed by atoms with E-state index in [0.29, 0.717) is 0 Å². The van der Waals surface area contributed by atoms with Gasteiger partial charge in [0, 0.05) is 23.0 Å². The van der Waals surface area contributed by atoms with Crippen molar-refractivity contribution in [1.29, 1.82) is 0 Å². The Kier molecular flexibility index (Phi) is 2.92. The lowest BCUT2D eigenvalue weighted by Crippen LogP contribution is -2.06. The normalized spacial score (nSPS) is 32.1. The van der Waals surface area contributed by atoms with Crippen LogP contribution in [0.3, 0.4) is 0 Å². The summed E-state index contributed by atoms with van der Waals surface area (Å²) in [5.74, 6) is 0. The number of hydrogen-bond donors (Lipinski definition) is 1. The van der Waals surface area contributed by atoms with Crippen LogP contribution in [0, 0.1) is 0 Å². The molecule has 58 valence electrons. The predicted octanol–water partition coefficient (Wildman–Crippen LogP) is 0.465. The second-order valence-electron chi connectivity index (χ2n) is 2.45. The highest BCUT2D eigenvalue weighted by molar-refractivity contribution is 6.24. The third-order valence-corrected chi connectivity index (χ3v) is 2.51. The van der Waals surface area contributed by atoms with Crippen LogP contribution >= 0.6 is 0 Å². The molecule has 0 atom stereocenters. The molecule has 1 nitrogen and oxygen atoms in total. The maximum atomic E-state index is 3.16. The van der Waals surface area contributed by atoms with Crippen LogP contribution in [0.5, 0.6) is 0 Å². The molecule has 1 rings (SSSR count). The van der Waals surface area contributed by atoms with Crippen molar-refractivity contribution in [3.8, 4) is 0 Å². The van der Waals surface area contributed by atoms with Crippen molar-refractivity contribution in [2.75, 3.05) is 7.05 Å². The molecule has 0 amide bonds. The topological polar surface area (TPSA) is 12.0 Å². The van der Waals surface area contributed by atoms with Gasteiger partial charge >= 0.3 is 0 Å². The van der Waals surface area contributed by atoms with Gasteiger partial charge in [0.05, 0.1) is 0 Å². The lowest BCUT2D eigenvalue weighted by Gasteiger charge is -2.04. The summed E-state index contributed by atoms with van der Waals surface area (Å²) in [5, 5.41) is 4.56. The van der Waals surface area contributed by atoms with E-state index in [-0.39, 0.29) is 0 Å². The van der Waals surface area contributed by atoms with Crippen molar-refractivity contribution in [1.82, 2.24) is 5.32 Å². The molecule has 0 aromatic carbocycles. The van der Waals surface area contributed by atoms with E-state index in [0.717, 1.165) is 10.2 Å². The second-order valence-corrected chi connectivity index (χ2v) is 3.53. The van der Waals surface area contributed by atoms with Crippen LogP contribution in [0.4, 0.5) is 0 Å². The summed E-state index contributed by atoms with van der Waals surface area (Å²) in [7, 11) is 3.04. The van der Waals surface area contributed by atoms with Gasteiger partial charge in [-0.1, -0.05) is 30.4 Å². The fourth-order valence-corrected chi connectivity index (χ4v) is 1.59. The van der Waals surface area contributed by atoms with Gasteiger partial charge in [-0.2, -0.15) is 0 Å². The Hall–Kier alpha value is -1.02. The molecular weight excluding hydrogens is 150 g/mol. The van der Waals surface area contributed by atoms with E-state index in [2.05, 4.69) is 23.5 Å². The van der Waals surface area contributed by atoms with E-state index in [4.69, 9.17) is 0 Å². The smallest absolute Gasteiger partial charge is 0.0412 e. The van der Waals surface area contributed by atoms with Gasteiger partial charge in [0.2, 0.25) is 0 Å². The maximum absolute atomic E-state index is 3.16. The minimum absolute atomic E-state index is 1.08.